The zero-order valence-electron chi connectivity index (χ0n) is 10.7. The van der Waals surface area contributed by atoms with Crippen LogP contribution in [-0.2, 0) is 11.3 Å². The SMILES string of the molecule is CCCCn1c(SCC(N)=O)nnc1-c1cccs1. The molecule has 1 amide bonds. The fourth-order valence-corrected chi connectivity index (χ4v) is 3.06. The van der Waals surface area contributed by atoms with Gasteiger partial charge in [-0.1, -0.05) is 31.2 Å². The van der Waals surface area contributed by atoms with Crippen molar-refractivity contribution in [3.8, 4) is 10.7 Å². The van der Waals surface area contributed by atoms with Crippen molar-refractivity contribution in [3.63, 3.8) is 0 Å². The van der Waals surface area contributed by atoms with E-state index in [2.05, 4.69) is 21.7 Å². The van der Waals surface area contributed by atoms with Crippen molar-refractivity contribution in [1.29, 1.82) is 0 Å². The zero-order valence-corrected chi connectivity index (χ0v) is 12.3. The Balaban J connectivity index is 2.25. The predicted octanol–water partition coefficient (Wildman–Crippen LogP) is 2.38. The summed E-state index contributed by atoms with van der Waals surface area (Å²) in [5.74, 6) is 0.762. The fraction of sp³-hybridized carbons (Fsp3) is 0.417. The lowest BCUT2D eigenvalue weighted by molar-refractivity contribution is -0.115. The van der Waals surface area contributed by atoms with E-state index in [1.54, 1.807) is 11.3 Å². The maximum Gasteiger partial charge on any atom is 0.227 e. The lowest BCUT2D eigenvalue weighted by atomic mass is 10.3. The molecule has 0 aromatic carbocycles. The van der Waals surface area contributed by atoms with Crippen LogP contribution in [-0.4, -0.2) is 26.4 Å². The number of unbranched alkanes of at least 4 members (excludes halogenated alkanes) is 1. The Bertz CT molecular complexity index is 536. The molecule has 2 heterocycles. The minimum atomic E-state index is -0.340. The van der Waals surface area contributed by atoms with Gasteiger partial charge in [0.1, 0.15) is 0 Å². The largest absolute Gasteiger partial charge is 0.369 e. The number of primary amides is 1. The molecule has 2 aromatic heterocycles. The van der Waals surface area contributed by atoms with E-state index in [0.717, 1.165) is 35.2 Å². The van der Waals surface area contributed by atoms with Crippen LogP contribution in [0.5, 0.6) is 0 Å². The topological polar surface area (TPSA) is 73.8 Å². The number of carbonyl (C=O) groups is 1. The molecule has 0 radical (unpaired) electrons. The lowest BCUT2D eigenvalue weighted by Gasteiger charge is -2.07. The molecular formula is C12H16N4OS2. The van der Waals surface area contributed by atoms with E-state index in [4.69, 9.17) is 5.73 Å². The third kappa shape index (κ3) is 3.57. The van der Waals surface area contributed by atoms with Gasteiger partial charge < -0.3 is 10.3 Å². The molecule has 2 N–H and O–H groups in total. The van der Waals surface area contributed by atoms with E-state index < -0.39 is 0 Å². The van der Waals surface area contributed by atoms with E-state index >= 15 is 0 Å². The Morgan fingerprint density at radius 1 is 1.53 bits per heavy atom. The maximum absolute atomic E-state index is 10.9. The average Bonchev–Trinajstić information content (AvgIpc) is 3.02. The zero-order chi connectivity index (χ0) is 13.7. The first kappa shape index (κ1) is 14.1. The number of carbonyl (C=O) groups excluding carboxylic acids is 1. The van der Waals surface area contributed by atoms with Gasteiger partial charge in [0.25, 0.3) is 0 Å². The molecule has 0 saturated carbocycles. The first-order valence-electron chi connectivity index (χ1n) is 6.10. The Labute approximate surface area is 120 Å². The van der Waals surface area contributed by atoms with Crippen molar-refractivity contribution in [2.75, 3.05) is 5.75 Å². The van der Waals surface area contributed by atoms with Crippen molar-refractivity contribution < 1.29 is 4.79 Å². The van der Waals surface area contributed by atoms with Crippen molar-refractivity contribution in [3.05, 3.63) is 17.5 Å². The molecule has 0 saturated heterocycles. The molecule has 102 valence electrons. The van der Waals surface area contributed by atoms with Crippen molar-refractivity contribution in [1.82, 2.24) is 14.8 Å². The molecule has 0 aliphatic carbocycles. The highest BCUT2D eigenvalue weighted by molar-refractivity contribution is 7.99. The second kappa shape index (κ2) is 6.72. The monoisotopic (exact) mass is 296 g/mol. The smallest absolute Gasteiger partial charge is 0.227 e. The molecule has 0 spiro atoms. The number of nitrogens with two attached hydrogens (primary N) is 1. The molecule has 0 aliphatic rings. The summed E-state index contributed by atoms with van der Waals surface area (Å²) in [5.41, 5.74) is 5.18. The van der Waals surface area contributed by atoms with Gasteiger partial charge in [-0.15, -0.1) is 21.5 Å². The van der Waals surface area contributed by atoms with Crippen LogP contribution in [0, 0.1) is 0 Å². The summed E-state index contributed by atoms with van der Waals surface area (Å²) < 4.78 is 2.07. The summed E-state index contributed by atoms with van der Waals surface area (Å²) in [5, 5.41) is 11.2. The van der Waals surface area contributed by atoms with Gasteiger partial charge in [-0.2, -0.15) is 0 Å². The maximum atomic E-state index is 10.9. The van der Waals surface area contributed by atoms with Crippen LogP contribution in [0.2, 0.25) is 0 Å². The molecule has 0 unspecified atom stereocenters. The molecule has 19 heavy (non-hydrogen) atoms. The van der Waals surface area contributed by atoms with Crippen LogP contribution < -0.4 is 5.73 Å². The number of thioether (sulfide) groups is 1. The normalized spacial score (nSPS) is 10.8. The van der Waals surface area contributed by atoms with E-state index in [-0.39, 0.29) is 11.7 Å². The standard InChI is InChI=1S/C12H16N4OS2/c1-2-3-6-16-11(9-5-4-7-18-9)14-15-12(16)19-8-10(13)17/h4-5,7H,2-3,6,8H2,1H3,(H2,13,17). The van der Waals surface area contributed by atoms with Crippen molar-refractivity contribution >= 4 is 29.0 Å². The fourth-order valence-electron chi connectivity index (χ4n) is 1.64. The van der Waals surface area contributed by atoms with Crippen molar-refractivity contribution in [2.24, 2.45) is 5.73 Å². The molecule has 7 heteroatoms. The highest BCUT2D eigenvalue weighted by Gasteiger charge is 2.15. The van der Waals surface area contributed by atoms with Gasteiger partial charge in [-0.25, -0.2) is 0 Å². The molecule has 0 fully saturated rings. The summed E-state index contributed by atoms with van der Waals surface area (Å²) in [7, 11) is 0. The Morgan fingerprint density at radius 2 is 2.37 bits per heavy atom. The summed E-state index contributed by atoms with van der Waals surface area (Å²) in [4.78, 5) is 12.0. The summed E-state index contributed by atoms with van der Waals surface area (Å²) in [6, 6.07) is 4.02. The van der Waals surface area contributed by atoms with Crippen molar-refractivity contribution in [2.45, 2.75) is 31.5 Å². The van der Waals surface area contributed by atoms with Gasteiger partial charge in [0.15, 0.2) is 11.0 Å². The highest BCUT2D eigenvalue weighted by Crippen LogP contribution is 2.27. The molecule has 0 bridgehead atoms. The molecular weight excluding hydrogens is 280 g/mol. The van der Waals surface area contributed by atoms with Gasteiger partial charge in [0.05, 0.1) is 10.6 Å². The minimum absolute atomic E-state index is 0.231. The number of nitrogens with zero attached hydrogens (tertiary/aromatic N) is 3. The molecule has 0 aliphatic heterocycles. The number of amides is 1. The molecule has 2 rings (SSSR count). The first-order chi connectivity index (χ1) is 9.22. The molecule has 5 nitrogen and oxygen atoms in total. The number of thiophene rings is 1. The van der Waals surface area contributed by atoms with Gasteiger partial charge in [-0.05, 0) is 17.9 Å². The van der Waals surface area contributed by atoms with E-state index in [1.807, 2.05) is 17.5 Å². The average molecular weight is 296 g/mol. The second-order valence-corrected chi connectivity index (χ2v) is 5.93. The number of hydrogen-bond donors (Lipinski definition) is 1. The van der Waals surface area contributed by atoms with Gasteiger partial charge >= 0.3 is 0 Å². The third-order valence-corrected chi connectivity index (χ3v) is 4.39. The highest BCUT2D eigenvalue weighted by atomic mass is 32.2. The Morgan fingerprint density at radius 3 is 3.00 bits per heavy atom. The van der Waals surface area contributed by atoms with Gasteiger partial charge in [-0.3, -0.25) is 4.79 Å². The Kier molecular flexibility index (Phi) is 4.98. The number of hydrogen-bond acceptors (Lipinski definition) is 5. The van der Waals surface area contributed by atoms with Crippen LogP contribution in [0.1, 0.15) is 19.8 Å². The lowest BCUT2D eigenvalue weighted by Crippen LogP contribution is -2.14. The molecule has 0 atom stereocenters. The predicted molar refractivity (Wildman–Crippen MR) is 78.2 cm³/mol. The van der Waals surface area contributed by atoms with Crippen LogP contribution in [0.25, 0.3) is 10.7 Å². The number of rotatable bonds is 7. The minimum Gasteiger partial charge on any atom is -0.369 e. The van der Waals surface area contributed by atoms with Gasteiger partial charge in [0.2, 0.25) is 5.91 Å². The molecule has 2 aromatic rings. The van der Waals surface area contributed by atoms with Gasteiger partial charge in [0, 0.05) is 6.54 Å². The second-order valence-electron chi connectivity index (χ2n) is 4.04. The van der Waals surface area contributed by atoms with Crippen LogP contribution >= 0.6 is 23.1 Å². The van der Waals surface area contributed by atoms with E-state index in [9.17, 15) is 4.79 Å². The summed E-state index contributed by atoms with van der Waals surface area (Å²) >= 11 is 2.98. The van der Waals surface area contributed by atoms with E-state index in [1.165, 1.54) is 11.8 Å². The third-order valence-electron chi connectivity index (χ3n) is 2.54. The summed E-state index contributed by atoms with van der Waals surface area (Å²) in [6.07, 6.45) is 2.16. The Hall–Kier alpha value is -1.34. The quantitative estimate of drug-likeness (QED) is 0.796. The summed E-state index contributed by atoms with van der Waals surface area (Å²) in [6.45, 7) is 3.00. The van der Waals surface area contributed by atoms with E-state index in [0.29, 0.717) is 0 Å². The van der Waals surface area contributed by atoms with Crippen LogP contribution in [0.15, 0.2) is 22.7 Å². The first-order valence-corrected chi connectivity index (χ1v) is 7.97. The van der Waals surface area contributed by atoms with Crippen LogP contribution in [0.3, 0.4) is 0 Å². The number of aromatic nitrogens is 3. The van der Waals surface area contributed by atoms with Crippen LogP contribution in [0.4, 0.5) is 0 Å².